The predicted molar refractivity (Wildman–Crippen MR) is 123 cm³/mol. The third kappa shape index (κ3) is 3.05. The van der Waals surface area contributed by atoms with E-state index in [1.54, 1.807) is 6.20 Å². The second-order valence-corrected chi connectivity index (χ2v) is 10.1. The lowest BCUT2D eigenvalue weighted by molar-refractivity contribution is 0.0915. The minimum atomic E-state index is -0.0610. The summed E-state index contributed by atoms with van der Waals surface area (Å²) in [6.45, 7) is 3.64. The summed E-state index contributed by atoms with van der Waals surface area (Å²) in [7, 11) is 0. The number of nitrogens with zero attached hydrogens (tertiary/aromatic N) is 2. The fourth-order valence-electron chi connectivity index (χ4n) is 6.20. The van der Waals surface area contributed by atoms with E-state index < -0.39 is 0 Å². The molecule has 0 radical (unpaired) electrons. The standard InChI is InChI=1S/C25H29N5O2/c31-25(16-7-22-21-6-15(21)9-27-24(22)28-10-16)29-17-5-14-1-2-18(8-23(14)32-13-17)30-19-3-4-20(30)12-26-11-19/h1-2,7-8,10,15,17,19-21,26H,3-6,9,11-13H2,(H,27,28)(H,29,31)/t15-,17+,19?,20?,21-/m0/s1. The monoisotopic (exact) mass is 431 g/mol. The summed E-state index contributed by atoms with van der Waals surface area (Å²) in [5.41, 5.74) is 4.29. The van der Waals surface area contributed by atoms with Crippen molar-refractivity contribution >= 4 is 17.4 Å². The van der Waals surface area contributed by atoms with Crippen LogP contribution in [0.4, 0.5) is 11.5 Å². The third-order valence-corrected chi connectivity index (χ3v) is 8.00. The zero-order valence-electron chi connectivity index (χ0n) is 18.1. The van der Waals surface area contributed by atoms with Gasteiger partial charge in [-0.25, -0.2) is 4.98 Å². The van der Waals surface area contributed by atoms with Crippen LogP contribution in [0.2, 0.25) is 0 Å². The van der Waals surface area contributed by atoms with E-state index in [0.717, 1.165) is 37.6 Å². The number of anilines is 2. The molecule has 1 aliphatic carbocycles. The van der Waals surface area contributed by atoms with Crippen molar-refractivity contribution < 1.29 is 9.53 Å². The molecule has 3 N–H and O–H groups in total. The van der Waals surface area contributed by atoms with Crippen LogP contribution in [0.15, 0.2) is 30.5 Å². The van der Waals surface area contributed by atoms with Crippen molar-refractivity contribution in [2.75, 3.05) is 36.5 Å². The minimum Gasteiger partial charge on any atom is -0.491 e. The van der Waals surface area contributed by atoms with Crippen molar-refractivity contribution in [1.82, 2.24) is 15.6 Å². The van der Waals surface area contributed by atoms with Gasteiger partial charge in [-0.05, 0) is 60.8 Å². The smallest absolute Gasteiger partial charge is 0.253 e. The lowest BCUT2D eigenvalue weighted by Crippen LogP contribution is -2.52. The molecular weight excluding hydrogens is 402 g/mol. The van der Waals surface area contributed by atoms with Gasteiger partial charge in [-0.2, -0.15) is 0 Å². The fraction of sp³-hybridized carbons (Fsp3) is 0.520. The molecule has 166 valence electrons. The Kier molecular flexibility index (Phi) is 4.16. The Bertz CT molecular complexity index is 1070. The molecule has 1 amide bonds. The molecule has 2 bridgehead atoms. The number of ether oxygens (including phenoxy) is 1. The summed E-state index contributed by atoms with van der Waals surface area (Å²) < 4.78 is 6.13. The largest absolute Gasteiger partial charge is 0.491 e. The number of hydrogen-bond acceptors (Lipinski definition) is 6. The Morgan fingerprint density at radius 1 is 1.16 bits per heavy atom. The number of pyridine rings is 1. The van der Waals surface area contributed by atoms with E-state index in [0.29, 0.717) is 36.1 Å². The van der Waals surface area contributed by atoms with Gasteiger partial charge >= 0.3 is 0 Å². The molecule has 5 aliphatic rings. The minimum absolute atomic E-state index is 0.0287. The van der Waals surface area contributed by atoms with Gasteiger partial charge in [0.25, 0.3) is 5.91 Å². The maximum atomic E-state index is 12.9. The highest BCUT2D eigenvalue weighted by molar-refractivity contribution is 5.94. The second-order valence-electron chi connectivity index (χ2n) is 10.1. The number of benzene rings is 1. The van der Waals surface area contributed by atoms with E-state index in [2.05, 4.69) is 44.0 Å². The number of hydrogen-bond donors (Lipinski definition) is 3. The molecule has 4 aliphatic heterocycles. The van der Waals surface area contributed by atoms with Crippen LogP contribution in [0.5, 0.6) is 5.75 Å². The molecular formula is C25H29N5O2. The second kappa shape index (κ2) is 7.10. The Balaban J connectivity index is 1.05. The fourth-order valence-corrected chi connectivity index (χ4v) is 6.20. The Morgan fingerprint density at radius 2 is 2.03 bits per heavy atom. The normalized spacial score (nSPS) is 31.5. The maximum Gasteiger partial charge on any atom is 0.253 e. The van der Waals surface area contributed by atoms with E-state index in [1.807, 2.05) is 6.07 Å². The first-order valence-corrected chi connectivity index (χ1v) is 12.0. The number of nitrogens with one attached hydrogen (secondary N) is 3. The predicted octanol–water partition coefficient (Wildman–Crippen LogP) is 2.28. The topological polar surface area (TPSA) is 78.5 Å². The van der Waals surface area contributed by atoms with Crippen LogP contribution in [0.25, 0.3) is 0 Å². The third-order valence-electron chi connectivity index (χ3n) is 8.00. The molecule has 2 saturated heterocycles. The molecule has 2 aromatic rings. The number of piperazine rings is 1. The number of fused-ring (bicyclic) bond motifs is 6. The molecule has 3 fully saturated rings. The zero-order chi connectivity index (χ0) is 21.2. The van der Waals surface area contributed by atoms with Crippen molar-refractivity contribution in [2.24, 2.45) is 5.92 Å². The SMILES string of the molecule is O=C(N[C@H]1COc2cc(N3C4CCC3CNC4)ccc2C1)c1cnc2c(c1)[C@H]1C[C@H]1CN2. The van der Waals surface area contributed by atoms with Gasteiger partial charge in [0, 0.05) is 49.7 Å². The number of amides is 1. The van der Waals surface area contributed by atoms with E-state index in [1.165, 1.54) is 36.1 Å². The quantitative estimate of drug-likeness (QED) is 0.692. The van der Waals surface area contributed by atoms with Crippen LogP contribution in [-0.2, 0) is 6.42 Å². The van der Waals surface area contributed by atoms with Crippen LogP contribution < -0.4 is 25.6 Å². The highest BCUT2D eigenvalue weighted by atomic mass is 16.5. The van der Waals surface area contributed by atoms with Gasteiger partial charge in [0.1, 0.15) is 18.2 Å². The number of carbonyl (C=O) groups is 1. The first-order valence-electron chi connectivity index (χ1n) is 12.0. The van der Waals surface area contributed by atoms with Crippen molar-refractivity contribution in [1.29, 1.82) is 0 Å². The molecule has 1 aromatic carbocycles. The summed E-state index contributed by atoms with van der Waals surface area (Å²) >= 11 is 0. The molecule has 1 saturated carbocycles. The summed E-state index contributed by atoms with van der Waals surface area (Å²) in [6, 6.07) is 9.80. The van der Waals surface area contributed by atoms with E-state index >= 15 is 0 Å². The Labute approximate surface area is 187 Å². The summed E-state index contributed by atoms with van der Waals surface area (Å²) in [5, 5.41) is 10.1. The molecule has 2 unspecified atom stereocenters. The molecule has 0 spiro atoms. The van der Waals surface area contributed by atoms with Crippen LogP contribution in [0.3, 0.4) is 0 Å². The molecule has 32 heavy (non-hydrogen) atoms. The zero-order valence-corrected chi connectivity index (χ0v) is 18.1. The first kappa shape index (κ1) is 18.7. The average Bonchev–Trinajstić information content (AvgIpc) is 3.58. The Hall–Kier alpha value is -2.80. The Morgan fingerprint density at radius 3 is 2.91 bits per heavy atom. The highest BCUT2D eigenvalue weighted by Gasteiger charge is 2.43. The molecule has 1 aromatic heterocycles. The summed E-state index contributed by atoms with van der Waals surface area (Å²) in [4.78, 5) is 20.0. The summed E-state index contributed by atoms with van der Waals surface area (Å²) in [5.74, 6) is 3.15. The molecule has 5 heterocycles. The van der Waals surface area contributed by atoms with Crippen molar-refractivity contribution in [2.45, 2.75) is 49.7 Å². The lowest BCUT2D eigenvalue weighted by atomic mass is 10.0. The van der Waals surface area contributed by atoms with Crippen molar-refractivity contribution in [3.05, 3.63) is 47.2 Å². The van der Waals surface area contributed by atoms with Gasteiger partial charge in [0.05, 0.1) is 11.6 Å². The first-order chi connectivity index (χ1) is 15.7. The van der Waals surface area contributed by atoms with Gasteiger partial charge in [0.15, 0.2) is 0 Å². The van der Waals surface area contributed by atoms with Crippen LogP contribution in [-0.4, -0.2) is 55.3 Å². The van der Waals surface area contributed by atoms with E-state index in [9.17, 15) is 4.79 Å². The van der Waals surface area contributed by atoms with E-state index in [-0.39, 0.29) is 11.9 Å². The average molecular weight is 432 g/mol. The lowest BCUT2D eigenvalue weighted by Gasteiger charge is -2.38. The van der Waals surface area contributed by atoms with Gasteiger partial charge in [-0.15, -0.1) is 0 Å². The molecule has 7 nitrogen and oxygen atoms in total. The van der Waals surface area contributed by atoms with Crippen LogP contribution >= 0.6 is 0 Å². The summed E-state index contributed by atoms with van der Waals surface area (Å²) in [6.07, 6.45) is 6.21. The van der Waals surface area contributed by atoms with E-state index in [4.69, 9.17) is 4.74 Å². The molecule has 7 heteroatoms. The highest BCUT2D eigenvalue weighted by Crippen LogP contribution is 2.52. The maximum absolute atomic E-state index is 12.9. The molecule has 5 atom stereocenters. The number of aromatic nitrogens is 1. The van der Waals surface area contributed by atoms with Gasteiger partial charge in [-0.1, -0.05) is 6.07 Å². The van der Waals surface area contributed by atoms with Gasteiger partial charge in [-0.3, -0.25) is 4.79 Å². The molecule has 7 rings (SSSR count). The van der Waals surface area contributed by atoms with Crippen molar-refractivity contribution in [3.63, 3.8) is 0 Å². The van der Waals surface area contributed by atoms with Crippen LogP contribution in [0.1, 0.15) is 46.7 Å². The van der Waals surface area contributed by atoms with Crippen LogP contribution in [0, 0.1) is 5.92 Å². The van der Waals surface area contributed by atoms with Gasteiger partial charge in [0.2, 0.25) is 0 Å². The number of rotatable bonds is 3. The number of carbonyl (C=O) groups excluding carboxylic acids is 1. The van der Waals surface area contributed by atoms with Crippen molar-refractivity contribution in [3.8, 4) is 5.75 Å². The van der Waals surface area contributed by atoms with Gasteiger partial charge < -0.3 is 25.6 Å².